The highest BCUT2D eigenvalue weighted by molar-refractivity contribution is 5.96. The lowest BCUT2D eigenvalue weighted by Crippen LogP contribution is -2.02. The highest BCUT2D eigenvalue weighted by Gasteiger charge is 2.22. The fourth-order valence-electron chi connectivity index (χ4n) is 8.26. The molecule has 11 aromatic rings. The first-order valence-corrected chi connectivity index (χ1v) is 21.8. The summed E-state index contributed by atoms with van der Waals surface area (Å²) in [5.41, 5.74) is 13.2. The quantitative estimate of drug-likeness (QED) is 0.135. The summed E-state index contributed by atoms with van der Waals surface area (Å²) in [6.07, 6.45) is 1.83. The third kappa shape index (κ3) is 8.16. The van der Waals surface area contributed by atoms with Crippen molar-refractivity contribution < 1.29 is 0 Å². The van der Waals surface area contributed by atoms with Crippen LogP contribution in [0.1, 0.15) is 0 Å². The Morgan fingerprint density at radius 2 is 0.576 bits per heavy atom. The lowest BCUT2D eigenvalue weighted by atomic mass is 9.87. The van der Waals surface area contributed by atoms with Gasteiger partial charge >= 0.3 is 0 Å². The van der Waals surface area contributed by atoms with Gasteiger partial charge < -0.3 is 0 Å². The second-order valence-corrected chi connectivity index (χ2v) is 15.7. The van der Waals surface area contributed by atoms with Gasteiger partial charge in [-0.2, -0.15) is 0 Å². The van der Waals surface area contributed by atoms with Crippen LogP contribution in [0.3, 0.4) is 0 Å². The second kappa shape index (κ2) is 18.0. The number of pyridine rings is 1. The summed E-state index contributed by atoms with van der Waals surface area (Å²) in [4.78, 5) is 35.7. The Morgan fingerprint density at radius 1 is 0.197 bits per heavy atom. The molecule has 3 heterocycles. The maximum absolute atomic E-state index is 5.28. The number of aromatic nitrogens is 7. The number of rotatable bonds is 10. The molecule has 310 valence electrons. The molecule has 0 unspecified atom stereocenters. The molecular formula is C59H39N7. The highest BCUT2D eigenvalue weighted by atomic mass is 15.0. The molecule has 0 saturated heterocycles. The van der Waals surface area contributed by atoms with E-state index in [-0.39, 0.29) is 0 Å². The Labute approximate surface area is 383 Å². The SMILES string of the molecule is c1ccc(-c2cccc(-c3nc(-c4ccccc4)nc(-c4ccccc4-c4cc(-c5ccccn5)ccc4-c4ccccc4-c4nc(-c5ccccc5)nc(-c5ccccc5)n4)n3)c2)cc1. The van der Waals surface area contributed by atoms with Gasteiger partial charge in [0.25, 0.3) is 0 Å². The molecule has 0 aliphatic rings. The van der Waals surface area contributed by atoms with Crippen LogP contribution in [-0.4, -0.2) is 34.9 Å². The Balaban J connectivity index is 1.12. The maximum atomic E-state index is 5.28. The molecule has 0 aliphatic heterocycles. The van der Waals surface area contributed by atoms with Gasteiger partial charge in [0.1, 0.15) is 0 Å². The zero-order valence-corrected chi connectivity index (χ0v) is 35.6. The van der Waals surface area contributed by atoms with E-state index < -0.39 is 0 Å². The largest absolute Gasteiger partial charge is 0.256 e. The van der Waals surface area contributed by atoms with Crippen LogP contribution in [0, 0.1) is 0 Å². The Bertz CT molecular complexity index is 3400. The molecule has 7 nitrogen and oxygen atoms in total. The summed E-state index contributed by atoms with van der Waals surface area (Å²) in [5.74, 6) is 3.48. The minimum Gasteiger partial charge on any atom is -0.256 e. The zero-order chi connectivity index (χ0) is 44.1. The average Bonchev–Trinajstić information content (AvgIpc) is 3.41. The van der Waals surface area contributed by atoms with E-state index in [1.807, 2.05) is 134 Å². The molecular weight excluding hydrogens is 807 g/mol. The van der Waals surface area contributed by atoms with E-state index in [1.54, 1.807) is 0 Å². The van der Waals surface area contributed by atoms with E-state index in [0.29, 0.717) is 34.9 Å². The summed E-state index contributed by atoms with van der Waals surface area (Å²) in [6, 6.07) is 78.1. The van der Waals surface area contributed by atoms with E-state index in [9.17, 15) is 0 Å². The molecule has 0 fully saturated rings. The first-order valence-electron chi connectivity index (χ1n) is 21.8. The average molecular weight is 846 g/mol. The van der Waals surface area contributed by atoms with Gasteiger partial charge in [-0.25, -0.2) is 29.9 Å². The zero-order valence-electron chi connectivity index (χ0n) is 35.6. The molecule has 0 N–H and O–H groups in total. The molecule has 0 radical (unpaired) electrons. The van der Waals surface area contributed by atoms with Crippen LogP contribution in [0.5, 0.6) is 0 Å². The van der Waals surface area contributed by atoms with Crippen molar-refractivity contribution in [3.05, 3.63) is 237 Å². The Hall–Kier alpha value is -9.07. The minimum atomic E-state index is 0.555. The normalized spacial score (nSPS) is 11.0. The van der Waals surface area contributed by atoms with Crippen LogP contribution in [0.2, 0.25) is 0 Å². The summed E-state index contributed by atoms with van der Waals surface area (Å²) in [6.45, 7) is 0. The molecule has 0 saturated carbocycles. The predicted octanol–water partition coefficient (Wildman–Crippen LogP) is 14.1. The van der Waals surface area contributed by atoms with Gasteiger partial charge in [-0.05, 0) is 57.6 Å². The molecule has 66 heavy (non-hydrogen) atoms. The van der Waals surface area contributed by atoms with Crippen molar-refractivity contribution in [2.24, 2.45) is 0 Å². The number of nitrogens with zero attached hydrogens (tertiary/aromatic N) is 7. The van der Waals surface area contributed by atoms with Crippen molar-refractivity contribution in [1.82, 2.24) is 34.9 Å². The number of hydrogen-bond acceptors (Lipinski definition) is 7. The fraction of sp³-hybridized carbons (Fsp3) is 0. The van der Waals surface area contributed by atoms with Gasteiger partial charge in [0, 0.05) is 45.1 Å². The third-order valence-electron chi connectivity index (χ3n) is 11.5. The van der Waals surface area contributed by atoms with Crippen molar-refractivity contribution in [2.45, 2.75) is 0 Å². The van der Waals surface area contributed by atoms with Gasteiger partial charge in [0.05, 0.1) is 5.69 Å². The summed E-state index contributed by atoms with van der Waals surface area (Å²) in [7, 11) is 0. The van der Waals surface area contributed by atoms with E-state index in [0.717, 1.165) is 78.0 Å². The molecule has 3 aromatic heterocycles. The Kier molecular flexibility index (Phi) is 10.8. The van der Waals surface area contributed by atoms with Crippen molar-refractivity contribution >= 4 is 0 Å². The van der Waals surface area contributed by atoms with E-state index in [1.165, 1.54) is 0 Å². The van der Waals surface area contributed by atoms with Gasteiger partial charge in [-0.1, -0.05) is 206 Å². The van der Waals surface area contributed by atoms with Crippen LogP contribution in [0.4, 0.5) is 0 Å². The molecule has 0 amide bonds. The summed E-state index contributed by atoms with van der Waals surface area (Å²) >= 11 is 0. The lowest BCUT2D eigenvalue weighted by molar-refractivity contribution is 1.07. The first-order chi connectivity index (χ1) is 32.7. The van der Waals surface area contributed by atoms with Crippen LogP contribution in [0.25, 0.3) is 113 Å². The first kappa shape index (κ1) is 39.8. The van der Waals surface area contributed by atoms with Crippen LogP contribution >= 0.6 is 0 Å². The van der Waals surface area contributed by atoms with Crippen molar-refractivity contribution in [1.29, 1.82) is 0 Å². The second-order valence-electron chi connectivity index (χ2n) is 15.7. The Morgan fingerprint density at radius 3 is 1.08 bits per heavy atom. The summed E-state index contributed by atoms with van der Waals surface area (Å²) < 4.78 is 0. The third-order valence-corrected chi connectivity index (χ3v) is 11.5. The topological polar surface area (TPSA) is 90.2 Å². The van der Waals surface area contributed by atoms with Gasteiger partial charge in [0.15, 0.2) is 34.9 Å². The van der Waals surface area contributed by atoms with E-state index in [4.69, 9.17) is 34.9 Å². The van der Waals surface area contributed by atoms with Gasteiger partial charge in [-0.3, -0.25) is 4.98 Å². The predicted molar refractivity (Wildman–Crippen MR) is 265 cm³/mol. The van der Waals surface area contributed by atoms with E-state index >= 15 is 0 Å². The lowest BCUT2D eigenvalue weighted by Gasteiger charge is -2.18. The number of benzene rings is 8. The fourth-order valence-corrected chi connectivity index (χ4v) is 8.26. The van der Waals surface area contributed by atoms with E-state index in [2.05, 4.69) is 103 Å². The van der Waals surface area contributed by atoms with Crippen LogP contribution in [-0.2, 0) is 0 Å². The van der Waals surface area contributed by atoms with Gasteiger partial charge in [0.2, 0.25) is 0 Å². The van der Waals surface area contributed by atoms with Crippen molar-refractivity contribution in [2.75, 3.05) is 0 Å². The van der Waals surface area contributed by atoms with Crippen LogP contribution in [0.15, 0.2) is 237 Å². The highest BCUT2D eigenvalue weighted by Crippen LogP contribution is 2.43. The molecule has 0 spiro atoms. The molecule has 7 heteroatoms. The standard InChI is InChI=1S/C59H39N7/c1-5-20-40(21-6-1)44-28-19-29-46(38-44)57-62-56(43-26-11-4-12-27-43)65-59(66-57)51-33-16-14-31-48(51)52-39-45(53-34-17-18-37-60-53)35-36-49(52)47-30-13-15-32-50(47)58-63-54(41-22-7-2-8-23-41)61-55(64-58)42-24-9-3-10-25-42/h1-39H. The molecule has 8 aromatic carbocycles. The minimum absolute atomic E-state index is 0.555. The smallest absolute Gasteiger partial charge is 0.164 e. The van der Waals surface area contributed by atoms with Crippen LogP contribution < -0.4 is 0 Å². The monoisotopic (exact) mass is 845 g/mol. The molecule has 0 bridgehead atoms. The van der Waals surface area contributed by atoms with Crippen molar-refractivity contribution in [3.63, 3.8) is 0 Å². The maximum Gasteiger partial charge on any atom is 0.164 e. The number of hydrogen-bond donors (Lipinski definition) is 0. The molecule has 0 aliphatic carbocycles. The van der Waals surface area contributed by atoms with Gasteiger partial charge in [-0.15, -0.1) is 0 Å². The molecule has 11 rings (SSSR count). The molecule has 0 atom stereocenters. The summed E-state index contributed by atoms with van der Waals surface area (Å²) in [5, 5.41) is 0. The van der Waals surface area contributed by atoms with Crippen molar-refractivity contribution in [3.8, 4) is 113 Å².